The minimum absolute atomic E-state index is 0.810. The van der Waals surface area contributed by atoms with Gasteiger partial charge in [0.2, 0.25) is 0 Å². The standard InChI is InChI=1S/C34H22N3P/c1-2-11-24(12-3-1)38(26-20-23-10-4-8-16-30(23)35-22-26)25-18-19-31-33(21-25)37-32-17-9-7-14-28(32)27-13-5-6-15-29(27)34(37)36-31/h1-22H. The molecule has 0 amide bonds. The van der Waals surface area contributed by atoms with Gasteiger partial charge in [0, 0.05) is 27.7 Å². The van der Waals surface area contributed by atoms with E-state index in [1.54, 1.807) is 0 Å². The van der Waals surface area contributed by atoms with Crippen molar-refractivity contribution in [1.29, 1.82) is 0 Å². The normalized spacial score (nSPS) is 12.6. The Morgan fingerprint density at radius 2 is 1.24 bits per heavy atom. The van der Waals surface area contributed by atoms with E-state index in [4.69, 9.17) is 9.97 Å². The zero-order valence-electron chi connectivity index (χ0n) is 20.5. The molecule has 0 radical (unpaired) electrons. The quantitative estimate of drug-likeness (QED) is 0.190. The second-order valence-electron chi connectivity index (χ2n) is 9.56. The van der Waals surface area contributed by atoms with E-state index in [1.165, 1.54) is 43.0 Å². The fraction of sp³-hybridized carbons (Fsp3) is 0. The Balaban J connectivity index is 1.44. The first-order valence-electron chi connectivity index (χ1n) is 12.8. The maximum absolute atomic E-state index is 5.14. The maximum atomic E-state index is 5.14. The molecule has 3 heterocycles. The highest BCUT2D eigenvalue weighted by Gasteiger charge is 2.20. The minimum atomic E-state index is -0.810. The van der Waals surface area contributed by atoms with Gasteiger partial charge in [-0.3, -0.25) is 9.38 Å². The number of hydrogen-bond acceptors (Lipinski definition) is 2. The molecule has 178 valence electrons. The van der Waals surface area contributed by atoms with Crippen LogP contribution in [-0.2, 0) is 0 Å². The van der Waals surface area contributed by atoms with E-state index in [9.17, 15) is 0 Å². The molecule has 5 aromatic carbocycles. The van der Waals surface area contributed by atoms with Crippen molar-refractivity contribution in [3.05, 3.63) is 134 Å². The van der Waals surface area contributed by atoms with Crippen LogP contribution in [0.4, 0.5) is 0 Å². The molecule has 0 spiro atoms. The van der Waals surface area contributed by atoms with Gasteiger partial charge in [0.15, 0.2) is 0 Å². The lowest BCUT2D eigenvalue weighted by Gasteiger charge is -2.19. The summed E-state index contributed by atoms with van der Waals surface area (Å²) in [6.07, 6.45) is 2.06. The van der Waals surface area contributed by atoms with Gasteiger partial charge in [-0.25, -0.2) is 4.98 Å². The molecule has 0 saturated carbocycles. The number of benzene rings is 5. The Morgan fingerprint density at radius 3 is 2.13 bits per heavy atom. The number of rotatable bonds is 3. The highest BCUT2D eigenvalue weighted by atomic mass is 31.1. The van der Waals surface area contributed by atoms with E-state index in [-0.39, 0.29) is 0 Å². The number of hydrogen-bond donors (Lipinski definition) is 0. The van der Waals surface area contributed by atoms with Crippen LogP contribution in [0.25, 0.3) is 49.3 Å². The van der Waals surface area contributed by atoms with Gasteiger partial charge in [0.25, 0.3) is 0 Å². The van der Waals surface area contributed by atoms with Gasteiger partial charge in [-0.2, -0.15) is 0 Å². The third-order valence-corrected chi connectivity index (χ3v) is 9.72. The predicted octanol–water partition coefficient (Wildman–Crippen LogP) is 7.10. The summed E-state index contributed by atoms with van der Waals surface area (Å²) < 4.78 is 2.34. The topological polar surface area (TPSA) is 30.2 Å². The second-order valence-corrected chi connectivity index (χ2v) is 11.8. The van der Waals surface area contributed by atoms with Crippen molar-refractivity contribution in [1.82, 2.24) is 14.4 Å². The third kappa shape index (κ3) is 3.26. The molecule has 3 nitrogen and oxygen atoms in total. The number of aromatic nitrogens is 3. The molecule has 8 aromatic rings. The van der Waals surface area contributed by atoms with Gasteiger partial charge in [-0.1, -0.05) is 97.1 Å². The van der Waals surface area contributed by atoms with Crippen LogP contribution >= 0.6 is 7.92 Å². The molecule has 0 aliphatic heterocycles. The average molecular weight is 504 g/mol. The number of fused-ring (bicyclic) bond motifs is 9. The molecular formula is C34H22N3P. The van der Waals surface area contributed by atoms with Crippen LogP contribution in [0.3, 0.4) is 0 Å². The molecule has 0 aliphatic rings. The molecule has 0 N–H and O–H groups in total. The van der Waals surface area contributed by atoms with E-state index in [0.717, 1.165) is 22.2 Å². The summed E-state index contributed by atoms with van der Waals surface area (Å²) in [5, 5.41) is 8.66. The van der Waals surface area contributed by atoms with E-state index in [1.807, 2.05) is 6.07 Å². The molecule has 3 aromatic heterocycles. The Kier molecular flexibility index (Phi) is 4.80. The summed E-state index contributed by atoms with van der Waals surface area (Å²) in [6.45, 7) is 0. The SMILES string of the molecule is c1ccc(P(c2cnc3ccccc3c2)c2ccc3nc4c5ccccc5c5ccccc5n4c3c2)cc1. The molecule has 1 atom stereocenters. The fourth-order valence-corrected chi connectivity index (χ4v) is 7.92. The van der Waals surface area contributed by atoms with Crippen LogP contribution in [0, 0.1) is 0 Å². The summed E-state index contributed by atoms with van der Waals surface area (Å²) >= 11 is 0. The Labute approximate surface area is 220 Å². The number of imidazole rings is 1. The number of para-hydroxylation sites is 2. The fourth-order valence-electron chi connectivity index (χ4n) is 5.64. The molecule has 4 heteroatoms. The summed E-state index contributed by atoms with van der Waals surface area (Å²) in [5.74, 6) is 0. The summed E-state index contributed by atoms with van der Waals surface area (Å²) in [7, 11) is -0.810. The Hall–Kier alpha value is -4.59. The van der Waals surface area contributed by atoms with Gasteiger partial charge >= 0.3 is 0 Å². The molecule has 0 aliphatic carbocycles. The third-order valence-electron chi connectivity index (χ3n) is 7.35. The van der Waals surface area contributed by atoms with Crippen molar-refractivity contribution in [2.45, 2.75) is 0 Å². The number of nitrogens with zero attached hydrogens (tertiary/aromatic N) is 3. The molecule has 38 heavy (non-hydrogen) atoms. The van der Waals surface area contributed by atoms with Crippen LogP contribution in [0.1, 0.15) is 0 Å². The van der Waals surface area contributed by atoms with Gasteiger partial charge in [-0.15, -0.1) is 0 Å². The summed E-state index contributed by atoms with van der Waals surface area (Å²) in [6, 6.07) is 45.5. The van der Waals surface area contributed by atoms with Crippen LogP contribution < -0.4 is 15.9 Å². The van der Waals surface area contributed by atoms with Gasteiger partial charge < -0.3 is 0 Å². The first-order valence-corrected chi connectivity index (χ1v) is 14.1. The van der Waals surface area contributed by atoms with E-state index in [2.05, 4.69) is 132 Å². The lowest BCUT2D eigenvalue weighted by atomic mass is 10.1. The molecule has 8 rings (SSSR count). The lowest BCUT2D eigenvalue weighted by Crippen LogP contribution is -2.21. The minimum Gasteiger partial charge on any atom is -0.292 e. The van der Waals surface area contributed by atoms with Crippen molar-refractivity contribution in [3.63, 3.8) is 0 Å². The molecule has 0 saturated heterocycles. The first-order chi connectivity index (χ1) is 18.8. The van der Waals surface area contributed by atoms with Gasteiger partial charge in [0.1, 0.15) is 5.65 Å². The zero-order chi connectivity index (χ0) is 25.1. The van der Waals surface area contributed by atoms with Crippen molar-refractivity contribution in [2.75, 3.05) is 0 Å². The smallest absolute Gasteiger partial charge is 0.146 e. The van der Waals surface area contributed by atoms with Crippen molar-refractivity contribution in [2.24, 2.45) is 0 Å². The van der Waals surface area contributed by atoms with Crippen molar-refractivity contribution in [3.8, 4) is 0 Å². The monoisotopic (exact) mass is 503 g/mol. The van der Waals surface area contributed by atoms with Crippen molar-refractivity contribution >= 4 is 73.1 Å². The van der Waals surface area contributed by atoms with E-state index in [0.29, 0.717) is 0 Å². The van der Waals surface area contributed by atoms with Crippen molar-refractivity contribution < 1.29 is 0 Å². The predicted molar refractivity (Wildman–Crippen MR) is 162 cm³/mol. The molecule has 0 bridgehead atoms. The highest BCUT2D eigenvalue weighted by Crippen LogP contribution is 2.36. The Morgan fingerprint density at radius 1 is 0.500 bits per heavy atom. The molecular weight excluding hydrogens is 481 g/mol. The maximum Gasteiger partial charge on any atom is 0.146 e. The average Bonchev–Trinajstić information content (AvgIpc) is 3.37. The lowest BCUT2D eigenvalue weighted by molar-refractivity contribution is 1.32. The van der Waals surface area contributed by atoms with Gasteiger partial charge in [-0.05, 0) is 54.2 Å². The van der Waals surface area contributed by atoms with Crippen LogP contribution in [0.5, 0.6) is 0 Å². The second kappa shape index (κ2) is 8.48. The van der Waals surface area contributed by atoms with Crippen LogP contribution in [0.15, 0.2) is 134 Å². The zero-order valence-corrected chi connectivity index (χ0v) is 21.4. The van der Waals surface area contributed by atoms with E-state index >= 15 is 0 Å². The number of pyridine rings is 2. The molecule has 1 unspecified atom stereocenters. The Bertz CT molecular complexity index is 2150. The summed E-state index contributed by atoms with van der Waals surface area (Å²) in [4.78, 5) is 9.97. The first kappa shape index (κ1) is 21.5. The van der Waals surface area contributed by atoms with Gasteiger partial charge in [0.05, 0.1) is 22.1 Å². The highest BCUT2D eigenvalue weighted by molar-refractivity contribution is 7.79. The largest absolute Gasteiger partial charge is 0.292 e. The molecule has 0 fully saturated rings. The van der Waals surface area contributed by atoms with Crippen LogP contribution in [0.2, 0.25) is 0 Å². The summed E-state index contributed by atoms with van der Waals surface area (Å²) in [5.41, 5.74) is 5.35. The van der Waals surface area contributed by atoms with E-state index < -0.39 is 7.92 Å². The van der Waals surface area contributed by atoms with Crippen LogP contribution in [-0.4, -0.2) is 14.4 Å².